The SMILES string of the molecule is CCNC(=O)NCCCC/C=C\CCCCCCCOCC(C)=O. The molecule has 0 aliphatic rings. The summed E-state index contributed by atoms with van der Waals surface area (Å²) in [5.74, 6) is 0.0973. The molecule has 0 aromatic rings. The Balaban J connectivity index is 3.16. The van der Waals surface area contributed by atoms with E-state index in [0.717, 1.165) is 38.6 Å². The number of carbonyl (C=O) groups excluding carboxylic acids is 2. The van der Waals surface area contributed by atoms with E-state index in [0.29, 0.717) is 13.2 Å². The van der Waals surface area contributed by atoms with E-state index in [9.17, 15) is 9.59 Å². The van der Waals surface area contributed by atoms with Crippen molar-refractivity contribution in [3.05, 3.63) is 12.2 Å². The predicted octanol–water partition coefficient (Wildman–Crippen LogP) is 3.98. The van der Waals surface area contributed by atoms with Gasteiger partial charge < -0.3 is 15.4 Å². The average Bonchev–Trinajstić information content (AvgIpc) is 2.54. The summed E-state index contributed by atoms with van der Waals surface area (Å²) in [6.45, 7) is 5.84. The zero-order chi connectivity index (χ0) is 17.9. The first-order chi connectivity index (χ1) is 11.7. The van der Waals surface area contributed by atoms with Crippen LogP contribution in [0.2, 0.25) is 0 Å². The molecule has 0 aromatic carbocycles. The van der Waals surface area contributed by atoms with Crippen molar-refractivity contribution in [3.63, 3.8) is 0 Å². The van der Waals surface area contributed by atoms with Gasteiger partial charge in [-0.1, -0.05) is 31.4 Å². The molecule has 0 aromatic heterocycles. The molecule has 24 heavy (non-hydrogen) atoms. The van der Waals surface area contributed by atoms with Crippen LogP contribution in [0.3, 0.4) is 0 Å². The molecular formula is C19H36N2O3. The second-order valence-corrected chi connectivity index (χ2v) is 6.06. The Morgan fingerprint density at radius 1 is 0.875 bits per heavy atom. The van der Waals surface area contributed by atoms with Gasteiger partial charge in [-0.2, -0.15) is 0 Å². The van der Waals surface area contributed by atoms with Crippen molar-refractivity contribution in [2.24, 2.45) is 0 Å². The summed E-state index contributed by atoms with van der Waals surface area (Å²) in [6.07, 6.45) is 14.9. The molecule has 2 N–H and O–H groups in total. The monoisotopic (exact) mass is 340 g/mol. The van der Waals surface area contributed by atoms with Crippen molar-refractivity contribution in [1.29, 1.82) is 0 Å². The maximum absolute atomic E-state index is 11.1. The molecule has 5 heteroatoms. The number of hydrogen-bond donors (Lipinski definition) is 2. The molecule has 0 saturated carbocycles. The Morgan fingerprint density at radius 2 is 1.50 bits per heavy atom. The van der Waals surface area contributed by atoms with Crippen LogP contribution in [-0.4, -0.2) is 38.1 Å². The van der Waals surface area contributed by atoms with Gasteiger partial charge in [0.1, 0.15) is 6.61 Å². The smallest absolute Gasteiger partial charge is 0.314 e. The molecule has 5 nitrogen and oxygen atoms in total. The van der Waals surface area contributed by atoms with Gasteiger partial charge in [0.25, 0.3) is 0 Å². The third-order valence-corrected chi connectivity index (χ3v) is 3.55. The van der Waals surface area contributed by atoms with Gasteiger partial charge in [-0.05, 0) is 52.4 Å². The van der Waals surface area contributed by atoms with Crippen molar-refractivity contribution < 1.29 is 14.3 Å². The average molecular weight is 341 g/mol. The topological polar surface area (TPSA) is 67.4 Å². The highest BCUT2D eigenvalue weighted by atomic mass is 16.5. The van der Waals surface area contributed by atoms with Crippen LogP contribution in [0.4, 0.5) is 4.79 Å². The molecule has 0 atom stereocenters. The molecule has 0 rings (SSSR count). The lowest BCUT2D eigenvalue weighted by atomic mass is 10.1. The first-order valence-corrected chi connectivity index (χ1v) is 9.40. The van der Waals surface area contributed by atoms with Crippen molar-refractivity contribution in [1.82, 2.24) is 10.6 Å². The van der Waals surface area contributed by atoms with Crippen LogP contribution in [0.1, 0.15) is 71.6 Å². The molecule has 0 fully saturated rings. The highest BCUT2D eigenvalue weighted by Gasteiger charge is 1.95. The fraction of sp³-hybridized carbons (Fsp3) is 0.789. The Kier molecular flexibility index (Phi) is 17.0. The number of ketones is 1. The second kappa shape index (κ2) is 18.0. The molecular weight excluding hydrogens is 304 g/mol. The Bertz CT molecular complexity index is 344. The van der Waals surface area contributed by atoms with Gasteiger partial charge in [-0.15, -0.1) is 0 Å². The van der Waals surface area contributed by atoms with Crippen molar-refractivity contribution in [3.8, 4) is 0 Å². The van der Waals surface area contributed by atoms with Crippen molar-refractivity contribution in [2.75, 3.05) is 26.3 Å². The van der Waals surface area contributed by atoms with Crippen LogP contribution < -0.4 is 10.6 Å². The number of amides is 2. The second-order valence-electron chi connectivity index (χ2n) is 6.06. The zero-order valence-electron chi connectivity index (χ0n) is 15.6. The number of hydrogen-bond acceptors (Lipinski definition) is 3. The maximum atomic E-state index is 11.1. The maximum Gasteiger partial charge on any atom is 0.314 e. The van der Waals surface area contributed by atoms with Crippen molar-refractivity contribution >= 4 is 11.8 Å². The number of ether oxygens (including phenoxy) is 1. The summed E-state index contributed by atoms with van der Waals surface area (Å²) in [7, 11) is 0. The molecule has 0 bridgehead atoms. The Morgan fingerprint density at radius 3 is 2.17 bits per heavy atom. The van der Waals surface area contributed by atoms with E-state index in [2.05, 4.69) is 22.8 Å². The third kappa shape index (κ3) is 18.7. The van der Waals surface area contributed by atoms with Crippen LogP contribution in [0.15, 0.2) is 12.2 Å². The number of rotatable bonds is 16. The lowest BCUT2D eigenvalue weighted by molar-refractivity contribution is -0.121. The van der Waals surface area contributed by atoms with Gasteiger partial charge in [0, 0.05) is 19.7 Å². The van der Waals surface area contributed by atoms with Crippen LogP contribution in [0.5, 0.6) is 0 Å². The van der Waals surface area contributed by atoms with Crippen LogP contribution in [0, 0.1) is 0 Å². The summed E-state index contributed by atoms with van der Waals surface area (Å²) >= 11 is 0. The van der Waals surface area contributed by atoms with E-state index >= 15 is 0 Å². The Labute approximate surface area is 147 Å². The fourth-order valence-electron chi connectivity index (χ4n) is 2.26. The van der Waals surface area contributed by atoms with Crippen LogP contribution in [0.25, 0.3) is 0 Å². The van der Waals surface area contributed by atoms with E-state index in [-0.39, 0.29) is 18.4 Å². The van der Waals surface area contributed by atoms with Crippen molar-refractivity contribution in [2.45, 2.75) is 71.6 Å². The van der Waals surface area contributed by atoms with Gasteiger partial charge >= 0.3 is 6.03 Å². The first kappa shape index (κ1) is 22.6. The van der Waals surface area contributed by atoms with Crippen LogP contribution in [-0.2, 0) is 9.53 Å². The summed E-state index contributed by atoms with van der Waals surface area (Å²) in [6, 6.07) is -0.0709. The number of unbranched alkanes of at least 4 members (excludes halogenated alkanes) is 7. The normalized spacial score (nSPS) is 10.9. The first-order valence-electron chi connectivity index (χ1n) is 9.40. The minimum Gasteiger partial charge on any atom is -0.374 e. The number of urea groups is 1. The predicted molar refractivity (Wildman–Crippen MR) is 99.3 cm³/mol. The van der Waals surface area contributed by atoms with E-state index in [4.69, 9.17) is 4.74 Å². The molecule has 0 aliphatic heterocycles. The minimum absolute atomic E-state index is 0.0709. The molecule has 2 amide bonds. The molecule has 0 heterocycles. The quantitative estimate of drug-likeness (QED) is 0.330. The summed E-state index contributed by atoms with van der Waals surface area (Å²) in [5.41, 5.74) is 0. The van der Waals surface area contributed by atoms with E-state index < -0.39 is 0 Å². The lowest BCUT2D eigenvalue weighted by Crippen LogP contribution is -2.35. The third-order valence-electron chi connectivity index (χ3n) is 3.55. The summed E-state index contributed by atoms with van der Waals surface area (Å²) in [4.78, 5) is 21.8. The standard InChI is InChI=1S/C19H36N2O3/c1-3-20-19(23)21-15-13-11-9-7-5-4-6-8-10-12-14-16-24-17-18(2)22/h5,7H,3-4,6,8-17H2,1-2H3,(H2,20,21,23)/b7-5-. The number of allylic oxidation sites excluding steroid dienone is 2. The molecule has 0 unspecified atom stereocenters. The lowest BCUT2D eigenvalue weighted by Gasteiger charge is -2.04. The molecule has 0 aliphatic carbocycles. The minimum atomic E-state index is -0.0709. The number of nitrogens with one attached hydrogen (secondary N) is 2. The van der Waals surface area contributed by atoms with E-state index in [1.807, 2.05) is 6.92 Å². The highest BCUT2D eigenvalue weighted by Crippen LogP contribution is 2.07. The highest BCUT2D eigenvalue weighted by molar-refractivity contribution is 5.76. The Hall–Kier alpha value is -1.36. The fourth-order valence-corrected chi connectivity index (χ4v) is 2.26. The number of Topliss-reactive ketones (excluding diaryl/α,β-unsaturated/α-hetero) is 1. The van der Waals surface area contributed by atoms with Gasteiger partial charge in [-0.25, -0.2) is 4.79 Å². The summed E-state index contributed by atoms with van der Waals surface area (Å²) in [5, 5.41) is 5.55. The summed E-state index contributed by atoms with van der Waals surface area (Å²) < 4.78 is 5.23. The van der Waals surface area contributed by atoms with E-state index in [1.165, 1.54) is 25.7 Å². The van der Waals surface area contributed by atoms with E-state index in [1.54, 1.807) is 6.92 Å². The van der Waals surface area contributed by atoms with Gasteiger partial charge in [0.05, 0.1) is 0 Å². The number of carbonyl (C=O) groups is 2. The van der Waals surface area contributed by atoms with Gasteiger partial charge in [-0.3, -0.25) is 4.79 Å². The van der Waals surface area contributed by atoms with Gasteiger partial charge in [0.2, 0.25) is 0 Å². The molecule has 0 radical (unpaired) electrons. The van der Waals surface area contributed by atoms with Gasteiger partial charge in [0.15, 0.2) is 5.78 Å². The van der Waals surface area contributed by atoms with Crippen LogP contribution >= 0.6 is 0 Å². The zero-order valence-corrected chi connectivity index (χ0v) is 15.6. The molecule has 0 spiro atoms. The largest absolute Gasteiger partial charge is 0.374 e. The molecule has 0 saturated heterocycles. The molecule has 140 valence electrons.